The predicted molar refractivity (Wildman–Crippen MR) is 109 cm³/mol. The van der Waals surface area contributed by atoms with E-state index in [1.807, 2.05) is 30.3 Å². The Labute approximate surface area is 172 Å². The molecular formula is C21H17Cl2N3O2. The Balaban J connectivity index is 1.48. The molecule has 1 heterocycles. The lowest BCUT2D eigenvalue weighted by Gasteiger charge is -2.18. The van der Waals surface area contributed by atoms with Crippen LogP contribution in [0, 0.1) is 0 Å². The van der Waals surface area contributed by atoms with Crippen molar-refractivity contribution in [2.75, 3.05) is 0 Å². The molecule has 0 N–H and O–H groups in total. The van der Waals surface area contributed by atoms with Gasteiger partial charge >= 0.3 is 0 Å². The molecule has 0 unspecified atom stereocenters. The second-order valence-electron chi connectivity index (χ2n) is 6.56. The minimum atomic E-state index is -0.103. The topological polar surface area (TPSA) is 59.2 Å². The van der Waals surface area contributed by atoms with Gasteiger partial charge in [0.25, 0.3) is 0 Å². The smallest absolute Gasteiger partial charge is 0.247 e. The van der Waals surface area contributed by atoms with Gasteiger partial charge in [0.1, 0.15) is 0 Å². The molecule has 1 aliphatic carbocycles. The van der Waals surface area contributed by atoms with Crippen LogP contribution >= 0.6 is 23.2 Å². The van der Waals surface area contributed by atoms with Crippen molar-refractivity contribution in [2.45, 2.75) is 25.4 Å². The van der Waals surface area contributed by atoms with E-state index in [1.54, 1.807) is 29.2 Å². The van der Waals surface area contributed by atoms with Gasteiger partial charge in [0.05, 0.1) is 6.54 Å². The average molecular weight is 414 g/mol. The fraction of sp³-hybridized carbons (Fsp3) is 0.190. The molecule has 0 radical (unpaired) electrons. The zero-order valence-electron chi connectivity index (χ0n) is 14.9. The van der Waals surface area contributed by atoms with Gasteiger partial charge < -0.3 is 9.32 Å². The number of benzene rings is 2. The maximum Gasteiger partial charge on any atom is 0.247 e. The summed E-state index contributed by atoms with van der Waals surface area (Å²) < 4.78 is 5.75. The number of hydrogen-bond donors (Lipinski definition) is 0. The van der Waals surface area contributed by atoms with Gasteiger partial charge in [0.2, 0.25) is 17.7 Å². The molecule has 0 atom stereocenters. The maximum absolute atomic E-state index is 12.7. The quantitative estimate of drug-likeness (QED) is 0.517. The first-order valence-corrected chi connectivity index (χ1v) is 9.67. The van der Waals surface area contributed by atoms with Gasteiger partial charge in [0.15, 0.2) is 0 Å². The highest BCUT2D eigenvalue weighted by Gasteiger charge is 2.32. The van der Waals surface area contributed by atoms with Crippen molar-refractivity contribution in [1.82, 2.24) is 15.1 Å². The predicted octanol–water partition coefficient (Wildman–Crippen LogP) is 5.25. The Hall–Kier alpha value is -2.63. The zero-order valence-corrected chi connectivity index (χ0v) is 16.4. The van der Waals surface area contributed by atoms with E-state index in [-0.39, 0.29) is 18.5 Å². The minimum absolute atomic E-state index is 0.103. The van der Waals surface area contributed by atoms with E-state index in [9.17, 15) is 4.79 Å². The average Bonchev–Trinajstić information content (AvgIpc) is 3.44. The molecule has 1 aromatic heterocycles. The second-order valence-corrected chi connectivity index (χ2v) is 7.40. The van der Waals surface area contributed by atoms with Crippen LogP contribution in [0.4, 0.5) is 0 Å². The summed E-state index contributed by atoms with van der Waals surface area (Å²) in [7, 11) is 0. The normalized spacial score (nSPS) is 13.8. The largest absolute Gasteiger partial charge is 0.419 e. The van der Waals surface area contributed by atoms with Crippen molar-refractivity contribution >= 4 is 35.2 Å². The van der Waals surface area contributed by atoms with Gasteiger partial charge in [-0.3, -0.25) is 4.79 Å². The van der Waals surface area contributed by atoms with Crippen LogP contribution in [-0.4, -0.2) is 27.0 Å². The molecule has 2 aromatic carbocycles. The number of nitrogens with zero attached hydrogens (tertiary/aromatic N) is 3. The molecule has 0 spiro atoms. The molecule has 1 saturated carbocycles. The molecule has 0 bridgehead atoms. The first-order chi connectivity index (χ1) is 13.6. The van der Waals surface area contributed by atoms with E-state index in [0.717, 1.165) is 24.0 Å². The Bertz CT molecular complexity index is 1010. The van der Waals surface area contributed by atoms with Crippen molar-refractivity contribution in [3.05, 3.63) is 76.1 Å². The summed E-state index contributed by atoms with van der Waals surface area (Å²) in [5, 5.41) is 9.42. The Morgan fingerprint density at radius 1 is 1.11 bits per heavy atom. The van der Waals surface area contributed by atoms with Gasteiger partial charge in [0, 0.05) is 27.7 Å². The molecule has 4 rings (SSSR count). The van der Waals surface area contributed by atoms with Crippen molar-refractivity contribution in [2.24, 2.45) is 0 Å². The van der Waals surface area contributed by atoms with Gasteiger partial charge in [-0.15, -0.1) is 10.2 Å². The van der Waals surface area contributed by atoms with Gasteiger partial charge in [-0.05, 0) is 54.8 Å². The monoisotopic (exact) mass is 413 g/mol. The van der Waals surface area contributed by atoms with Crippen molar-refractivity contribution in [3.8, 4) is 11.5 Å². The number of halogens is 2. The van der Waals surface area contributed by atoms with Crippen LogP contribution in [0.25, 0.3) is 17.5 Å². The molecular weight excluding hydrogens is 397 g/mol. The van der Waals surface area contributed by atoms with E-state index in [4.69, 9.17) is 27.6 Å². The first-order valence-electron chi connectivity index (χ1n) is 8.92. The summed E-state index contributed by atoms with van der Waals surface area (Å²) >= 11 is 12.1. The first kappa shape index (κ1) is 18.7. The lowest BCUT2D eigenvalue weighted by molar-refractivity contribution is -0.127. The highest BCUT2D eigenvalue weighted by molar-refractivity contribution is 6.32. The number of aromatic nitrogens is 2. The fourth-order valence-corrected chi connectivity index (χ4v) is 3.14. The van der Waals surface area contributed by atoms with E-state index in [1.165, 1.54) is 6.08 Å². The van der Waals surface area contributed by atoms with Crippen LogP contribution in [0.5, 0.6) is 0 Å². The summed E-state index contributed by atoms with van der Waals surface area (Å²) in [5.41, 5.74) is 1.59. The summed E-state index contributed by atoms with van der Waals surface area (Å²) in [6, 6.07) is 14.8. The van der Waals surface area contributed by atoms with Gasteiger partial charge in [-0.25, -0.2) is 0 Å². The standard InChI is InChI=1S/C21H17Cl2N3O2/c22-16-8-5-15(6-9-16)21-25-24-19(28-21)13-26(17-10-11-17)20(27)12-7-14-3-1-2-4-18(14)23/h1-9,12,17H,10-11,13H2/b12-7+. The highest BCUT2D eigenvalue weighted by atomic mass is 35.5. The van der Waals surface area contributed by atoms with E-state index in [0.29, 0.717) is 21.8 Å². The third-order valence-corrected chi connectivity index (χ3v) is 5.04. The number of carbonyl (C=O) groups excluding carboxylic acids is 1. The lowest BCUT2D eigenvalue weighted by Crippen LogP contribution is -2.31. The van der Waals surface area contributed by atoms with E-state index < -0.39 is 0 Å². The summed E-state index contributed by atoms with van der Waals surface area (Å²) in [5.74, 6) is 0.700. The number of rotatable bonds is 6. The number of hydrogen-bond acceptors (Lipinski definition) is 4. The zero-order chi connectivity index (χ0) is 19.5. The summed E-state index contributed by atoms with van der Waals surface area (Å²) in [6.07, 6.45) is 5.22. The molecule has 1 aliphatic rings. The molecule has 3 aromatic rings. The summed E-state index contributed by atoms with van der Waals surface area (Å²) in [4.78, 5) is 14.5. The highest BCUT2D eigenvalue weighted by Crippen LogP contribution is 2.29. The molecule has 0 aliphatic heterocycles. The molecule has 5 nitrogen and oxygen atoms in total. The molecule has 142 valence electrons. The Kier molecular flexibility index (Phi) is 5.46. The van der Waals surface area contributed by atoms with E-state index >= 15 is 0 Å². The maximum atomic E-state index is 12.7. The van der Waals surface area contributed by atoms with Crippen molar-refractivity contribution in [3.63, 3.8) is 0 Å². The Morgan fingerprint density at radius 2 is 1.86 bits per heavy atom. The second kappa shape index (κ2) is 8.17. The number of carbonyl (C=O) groups is 1. The third-order valence-electron chi connectivity index (χ3n) is 4.45. The van der Waals surface area contributed by atoms with Gasteiger partial charge in [-0.2, -0.15) is 0 Å². The minimum Gasteiger partial charge on any atom is -0.419 e. The summed E-state index contributed by atoms with van der Waals surface area (Å²) in [6.45, 7) is 0.275. The van der Waals surface area contributed by atoms with Gasteiger partial charge in [-0.1, -0.05) is 41.4 Å². The Morgan fingerprint density at radius 3 is 2.57 bits per heavy atom. The van der Waals surface area contributed by atoms with Crippen molar-refractivity contribution < 1.29 is 9.21 Å². The number of amides is 1. The fourth-order valence-electron chi connectivity index (χ4n) is 2.81. The lowest BCUT2D eigenvalue weighted by atomic mass is 10.2. The van der Waals surface area contributed by atoms with Crippen LogP contribution in [0.3, 0.4) is 0 Å². The molecule has 1 fully saturated rings. The molecule has 28 heavy (non-hydrogen) atoms. The van der Waals surface area contributed by atoms with Crippen LogP contribution in [0.1, 0.15) is 24.3 Å². The molecule has 1 amide bonds. The van der Waals surface area contributed by atoms with Crippen LogP contribution in [0.15, 0.2) is 59.0 Å². The van der Waals surface area contributed by atoms with Crippen LogP contribution < -0.4 is 0 Å². The van der Waals surface area contributed by atoms with Crippen LogP contribution in [-0.2, 0) is 11.3 Å². The van der Waals surface area contributed by atoms with E-state index in [2.05, 4.69) is 10.2 Å². The molecule has 7 heteroatoms. The van der Waals surface area contributed by atoms with Crippen molar-refractivity contribution in [1.29, 1.82) is 0 Å². The van der Waals surface area contributed by atoms with Crippen LogP contribution in [0.2, 0.25) is 10.0 Å². The third kappa shape index (κ3) is 4.43. The molecule has 0 saturated heterocycles. The SMILES string of the molecule is O=C(/C=C/c1ccccc1Cl)N(Cc1nnc(-c2ccc(Cl)cc2)o1)C1CC1.